The summed E-state index contributed by atoms with van der Waals surface area (Å²) < 4.78 is 7.39. The fraction of sp³-hybridized carbons (Fsp3) is 0.308. The van der Waals surface area contributed by atoms with E-state index in [1.165, 1.54) is 6.07 Å². The van der Waals surface area contributed by atoms with Crippen LogP contribution in [0.15, 0.2) is 30.6 Å². The fourth-order valence-electron chi connectivity index (χ4n) is 1.70. The summed E-state index contributed by atoms with van der Waals surface area (Å²) in [6, 6.07) is 4.74. The van der Waals surface area contributed by atoms with E-state index in [2.05, 4.69) is 5.10 Å². The zero-order valence-electron chi connectivity index (χ0n) is 11.1. The number of hydrogen-bond donors (Lipinski definition) is 0. The standard InChI is InChI=1S/C13H14ClN3O3/c1-9(2)16-8-12(7-15-16)20-11-3-4-13(17(18)19)10(5-11)6-14/h3-5,7-9H,6H2,1-2H3. The molecular formula is C13H14ClN3O3. The Morgan fingerprint density at radius 3 is 2.75 bits per heavy atom. The molecule has 0 radical (unpaired) electrons. The Hall–Kier alpha value is -2.08. The van der Waals surface area contributed by atoms with Crippen LogP contribution in [0, 0.1) is 10.1 Å². The maximum Gasteiger partial charge on any atom is 0.274 e. The van der Waals surface area contributed by atoms with E-state index in [-0.39, 0.29) is 17.6 Å². The van der Waals surface area contributed by atoms with Gasteiger partial charge in [-0.2, -0.15) is 5.10 Å². The Morgan fingerprint density at radius 2 is 2.20 bits per heavy atom. The van der Waals surface area contributed by atoms with Crippen molar-refractivity contribution in [3.63, 3.8) is 0 Å². The fourth-order valence-corrected chi connectivity index (χ4v) is 1.92. The molecule has 0 spiro atoms. The summed E-state index contributed by atoms with van der Waals surface area (Å²) >= 11 is 5.72. The van der Waals surface area contributed by atoms with Crippen LogP contribution in [0.5, 0.6) is 11.5 Å². The van der Waals surface area contributed by atoms with Crippen molar-refractivity contribution in [2.24, 2.45) is 0 Å². The van der Waals surface area contributed by atoms with Crippen LogP contribution in [0.2, 0.25) is 0 Å². The zero-order valence-corrected chi connectivity index (χ0v) is 11.9. The van der Waals surface area contributed by atoms with Crippen molar-refractivity contribution in [3.8, 4) is 11.5 Å². The van der Waals surface area contributed by atoms with E-state index in [1.807, 2.05) is 13.8 Å². The van der Waals surface area contributed by atoms with Crippen LogP contribution >= 0.6 is 11.6 Å². The minimum absolute atomic E-state index is 0.00905. The number of hydrogen-bond acceptors (Lipinski definition) is 4. The lowest BCUT2D eigenvalue weighted by molar-refractivity contribution is -0.385. The van der Waals surface area contributed by atoms with Crippen LogP contribution in [0.1, 0.15) is 25.5 Å². The number of benzene rings is 1. The summed E-state index contributed by atoms with van der Waals surface area (Å²) in [4.78, 5) is 10.4. The first-order chi connectivity index (χ1) is 9.51. The summed E-state index contributed by atoms with van der Waals surface area (Å²) in [7, 11) is 0. The van der Waals surface area contributed by atoms with Gasteiger partial charge >= 0.3 is 0 Å². The average Bonchev–Trinajstić information content (AvgIpc) is 2.87. The minimum Gasteiger partial charge on any atom is -0.454 e. The predicted octanol–water partition coefficient (Wildman–Crippen LogP) is 3.90. The van der Waals surface area contributed by atoms with E-state index in [0.29, 0.717) is 17.1 Å². The van der Waals surface area contributed by atoms with Crippen molar-refractivity contribution in [2.75, 3.05) is 0 Å². The Morgan fingerprint density at radius 1 is 1.45 bits per heavy atom. The second-order valence-electron chi connectivity index (χ2n) is 4.53. The Balaban J connectivity index is 2.22. The average molecular weight is 296 g/mol. The van der Waals surface area contributed by atoms with E-state index >= 15 is 0 Å². The van der Waals surface area contributed by atoms with E-state index in [4.69, 9.17) is 16.3 Å². The molecule has 0 fully saturated rings. The zero-order chi connectivity index (χ0) is 14.7. The molecule has 6 nitrogen and oxygen atoms in total. The highest BCUT2D eigenvalue weighted by molar-refractivity contribution is 6.17. The largest absolute Gasteiger partial charge is 0.454 e. The van der Waals surface area contributed by atoms with Gasteiger partial charge < -0.3 is 4.74 Å². The molecule has 7 heteroatoms. The number of nitrogens with zero attached hydrogens (tertiary/aromatic N) is 3. The van der Waals surface area contributed by atoms with Gasteiger partial charge in [-0.3, -0.25) is 14.8 Å². The normalized spacial score (nSPS) is 10.8. The molecule has 0 amide bonds. The van der Waals surface area contributed by atoms with Crippen molar-refractivity contribution in [1.29, 1.82) is 0 Å². The molecule has 0 unspecified atom stereocenters. The predicted molar refractivity (Wildman–Crippen MR) is 75.3 cm³/mol. The second-order valence-corrected chi connectivity index (χ2v) is 4.80. The number of rotatable bonds is 5. The van der Waals surface area contributed by atoms with Gasteiger partial charge in [0.15, 0.2) is 5.75 Å². The molecule has 1 aromatic carbocycles. The Labute approximate surface area is 121 Å². The lowest BCUT2D eigenvalue weighted by Crippen LogP contribution is -1.99. The summed E-state index contributed by atoms with van der Waals surface area (Å²) in [5.41, 5.74) is 0.413. The molecule has 0 aliphatic carbocycles. The first kappa shape index (κ1) is 14.3. The van der Waals surface area contributed by atoms with E-state index in [0.717, 1.165) is 0 Å². The highest BCUT2D eigenvalue weighted by Gasteiger charge is 2.14. The SMILES string of the molecule is CC(C)n1cc(Oc2ccc([N+](=O)[O-])c(CCl)c2)cn1. The van der Waals surface area contributed by atoms with Crippen LogP contribution in [0.25, 0.3) is 0 Å². The molecule has 0 saturated carbocycles. The summed E-state index contributed by atoms with van der Waals surface area (Å²) in [5.74, 6) is 1.13. The number of halogens is 1. The van der Waals surface area contributed by atoms with E-state index in [1.54, 1.807) is 29.2 Å². The molecule has 0 bridgehead atoms. The number of alkyl halides is 1. The Bertz CT molecular complexity index is 625. The molecule has 0 aliphatic rings. The molecule has 0 N–H and O–H groups in total. The topological polar surface area (TPSA) is 70.2 Å². The molecule has 1 heterocycles. The van der Waals surface area contributed by atoms with Gasteiger partial charge in [-0.25, -0.2) is 0 Å². The summed E-state index contributed by atoms with van der Waals surface area (Å²) in [6.07, 6.45) is 3.37. The van der Waals surface area contributed by atoms with Gasteiger partial charge in [0.05, 0.1) is 23.2 Å². The van der Waals surface area contributed by atoms with E-state index < -0.39 is 4.92 Å². The quantitative estimate of drug-likeness (QED) is 0.476. The van der Waals surface area contributed by atoms with Gasteiger partial charge in [0.1, 0.15) is 5.75 Å². The number of aromatic nitrogens is 2. The number of ether oxygens (including phenoxy) is 1. The van der Waals surface area contributed by atoms with Gasteiger partial charge in [0, 0.05) is 17.7 Å². The van der Waals surface area contributed by atoms with E-state index in [9.17, 15) is 10.1 Å². The van der Waals surface area contributed by atoms with Crippen molar-refractivity contribution in [1.82, 2.24) is 9.78 Å². The molecule has 0 saturated heterocycles. The summed E-state index contributed by atoms with van der Waals surface area (Å²) in [6.45, 7) is 4.02. The maximum absolute atomic E-state index is 10.8. The Kier molecular flexibility index (Phi) is 4.24. The summed E-state index contributed by atoms with van der Waals surface area (Å²) in [5, 5.41) is 15.0. The molecule has 2 rings (SSSR count). The van der Waals surface area contributed by atoms with Crippen LogP contribution in [-0.4, -0.2) is 14.7 Å². The molecule has 20 heavy (non-hydrogen) atoms. The molecule has 2 aromatic rings. The van der Waals surface area contributed by atoms with Crippen LogP contribution in [0.4, 0.5) is 5.69 Å². The monoisotopic (exact) mass is 295 g/mol. The highest BCUT2D eigenvalue weighted by Crippen LogP contribution is 2.28. The molecule has 0 atom stereocenters. The second kappa shape index (κ2) is 5.92. The first-order valence-corrected chi connectivity index (χ1v) is 6.60. The van der Waals surface area contributed by atoms with Gasteiger partial charge in [-0.15, -0.1) is 11.6 Å². The first-order valence-electron chi connectivity index (χ1n) is 6.06. The van der Waals surface area contributed by atoms with Crippen molar-refractivity contribution in [2.45, 2.75) is 25.8 Å². The lowest BCUT2D eigenvalue weighted by atomic mass is 10.2. The van der Waals surface area contributed by atoms with Crippen LogP contribution in [-0.2, 0) is 5.88 Å². The smallest absolute Gasteiger partial charge is 0.274 e. The molecule has 106 valence electrons. The van der Waals surface area contributed by atoms with Gasteiger partial charge in [-0.05, 0) is 26.0 Å². The molecule has 0 aliphatic heterocycles. The van der Waals surface area contributed by atoms with Crippen molar-refractivity contribution < 1.29 is 9.66 Å². The minimum atomic E-state index is -0.460. The third kappa shape index (κ3) is 3.08. The van der Waals surface area contributed by atoms with Crippen LogP contribution in [0.3, 0.4) is 0 Å². The van der Waals surface area contributed by atoms with Gasteiger partial charge in [-0.1, -0.05) is 0 Å². The molecular weight excluding hydrogens is 282 g/mol. The highest BCUT2D eigenvalue weighted by atomic mass is 35.5. The maximum atomic E-state index is 10.8. The molecule has 1 aromatic heterocycles. The lowest BCUT2D eigenvalue weighted by Gasteiger charge is -2.06. The van der Waals surface area contributed by atoms with Crippen molar-refractivity contribution in [3.05, 3.63) is 46.3 Å². The van der Waals surface area contributed by atoms with Crippen molar-refractivity contribution >= 4 is 17.3 Å². The third-order valence-electron chi connectivity index (χ3n) is 2.73. The van der Waals surface area contributed by atoms with Gasteiger partial charge in [0.25, 0.3) is 5.69 Å². The van der Waals surface area contributed by atoms with Gasteiger partial charge in [0.2, 0.25) is 0 Å². The van der Waals surface area contributed by atoms with Crippen LogP contribution < -0.4 is 4.74 Å². The number of nitro groups is 1. The number of nitro benzene ring substituents is 1. The third-order valence-corrected chi connectivity index (χ3v) is 3.02.